The molecule has 6 nitrogen and oxygen atoms in total. The van der Waals surface area contributed by atoms with Gasteiger partial charge < -0.3 is 5.32 Å². The summed E-state index contributed by atoms with van der Waals surface area (Å²) in [4.78, 5) is 9.40. The second-order valence-electron chi connectivity index (χ2n) is 5.89. The van der Waals surface area contributed by atoms with Gasteiger partial charge in [0.15, 0.2) is 0 Å². The molecule has 6 heteroatoms. The third-order valence-corrected chi connectivity index (χ3v) is 3.12. The monoisotopic (exact) mass is 274 g/mol. The van der Waals surface area contributed by atoms with Crippen LogP contribution < -0.4 is 5.32 Å². The van der Waals surface area contributed by atoms with Gasteiger partial charge in [-0.3, -0.25) is 0 Å². The maximum absolute atomic E-state index is 4.74. The van der Waals surface area contributed by atoms with Gasteiger partial charge in [0.1, 0.15) is 17.3 Å². The van der Waals surface area contributed by atoms with Crippen molar-refractivity contribution in [2.24, 2.45) is 7.05 Å². The quantitative estimate of drug-likeness (QED) is 0.930. The first-order chi connectivity index (χ1) is 9.34. The molecular formula is C14H22N6. The Balaban J connectivity index is 2.67. The SMILES string of the molecule is CCNc1nc(C(C)(C)C)nc(-c2cnnn2C)c1C. The zero-order valence-electron chi connectivity index (χ0n) is 13.0. The largest absolute Gasteiger partial charge is 0.370 e. The lowest BCUT2D eigenvalue weighted by Crippen LogP contribution is -2.19. The van der Waals surface area contributed by atoms with Crippen LogP contribution in [0.4, 0.5) is 5.82 Å². The van der Waals surface area contributed by atoms with Gasteiger partial charge in [-0.2, -0.15) is 0 Å². The highest BCUT2D eigenvalue weighted by Crippen LogP contribution is 2.28. The van der Waals surface area contributed by atoms with Gasteiger partial charge in [0.25, 0.3) is 0 Å². The number of hydrogen-bond donors (Lipinski definition) is 1. The van der Waals surface area contributed by atoms with Crippen molar-refractivity contribution in [1.29, 1.82) is 0 Å². The lowest BCUT2D eigenvalue weighted by molar-refractivity contribution is 0.545. The van der Waals surface area contributed by atoms with Crippen molar-refractivity contribution in [2.75, 3.05) is 11.9 Å². The molecule has 0 amide bonds. The van der Waals surface area contributed by atoms with Crippen LogP contribution in [0, 0.1) is 6.92 Å². The minimum absolute atomic E-state index is 0.112. The zero-order chi connectivity index (χ0) is 14.9. The fraction of sp³-hybridized carbons (Fsp3) is 0.571. The third kappa shape index (κ3) is 2.64. The molecule has 0 saturated carbocycles. The molecule has 0 atom stereocenters. The molecule has 108 valence electrons. The fourth-order valence-corrected chi connectivity index (χ4v) is 1.95. The second-order valence-corrected chi connectivity index (χ2v) is 5.89. The summed E-state index contributed by atoms with van der Waals surface area (Å²) in [5.41, 5.74) is 2.69. The number of hydrogen-bond acceptors (Lipinski definition) is 5. The van der Waals surface area contributed by atoms with E-state index < -0.39 is 0 Å². The van der Waals surface area contributed by atoms with Crippen molar-refractivity contribution >= 4 is 5.82 Å². The Morgan fingerprint density at radius 1 is 1.25 bits per heavy atom. The predicted octanol–water partition coefficient (Wildman–Crippen LogP) is 2.31. The highest BCUT2D eigenvalue weighted by atomic mass is 15.4. The number of anilines is 1. The molecule has 0 aliphatic carbocycles. The summed E-state index contributed by atoms with van der Waals surface area (Å²) >= 11 is 0. The molecule has 0 spiro atoms. The maximum Gasteiger partial charge on any atom is 0.136 e. The first-order valence-electron chi connectivity index (χ1n) is 6.82. The summed E-state index contributed by atoms with van der Waals surface area (Å²) in [5, 5.41) is 11.2. The molecule has 0 aromatic carbocycles. The van der Waals surface area contributed by atoms with Crippen LogP contribution in [0.1, 0.15) is 39.1 Å². The van der Waals surface area contributed by atoms with Crippen molar-refractivity contribution in [2.45, 2.75) is 40.0 Å². The molecule has 2 aromatic heterocycles. The highest BCUT2D eigenvalue weighted by Gasteiger charge is 2.22. The smallest absolute Gasteiger partial charge is 0.136 e. The standard InChI is InChI=1S/C14H22N6/c1-7-15-12-9(2)11(10-8-16-19-20(10)6)17-13(18-12)14(3,4)5/h8H,7H2,1-6H3,(H,15,17,18). The third-order valence-electron chi connectivity index (χ3n) is 3.12. The van der Waals surface area contributed by atoms with Gasteiger partial charge >= 0.3 is 0 Å². The Bertz CT molecular complexity index is 609. The van der Waals surface area contributed by atoms with Gasteiger partial charge in [0, 0.05) is 24.6 Å². The van der Waals surface area contributed by atoms with E-state index in [4.69, 9.17) is 4.98 Å². The van der Waals surface area contributed by atoms with Crippen LogP contribution in [0.2, 0.25) is 0 Å². The molecule has 0 bridgehead atoms. The molecule has 0 fully saturated rings. The van der Waals surface area contributed by atoms with Crippen molar-refractivity contribution < 1.29 is 0 Å². The van der Waals surface area contributed by atoms with Crippen molar-refractivity contribution in [1.82, 2.24) is 25.0 Å². The van der Waals surface area contributed by atoms with E-state index in [1.54, 1.807) is 10.9 Å². The minimum atomic E-state index is -0.112. The predicted molar refractivity (Wildman–Crippen MR) is 79.6 cm³/mol. The summed E-state index contributed by atoms with van der Waals surface area (Å²) in [7, 11) is 1.87. The van der Waals surface area contributed by atoms with Crippen LogP contribution in [-0.2, 0) is 12.5 Å². The highest BCUT2D eigenvalue weighted by molar-refractivity contribution is 5.65. The summed E-state index contributed by atoms with van der Waals surface area (Å²) < 4.78 is 1.73. The number of nitrogens with zero attached hydrogens (tertiary/aromatic N) is 5. The first-order valence-corrected chi connectivity index (χ1v) is 6.82. The average Bonchev–Trinajstić information content (AvgIpc) is 2.77. The van der Waals surface area contributed by atoms with Crippen molar-refractivity contribution in [3.63, 3.8) is 0 Å². The van der Waals surface area contributed by atoms with Crippen LogP contribution >= 0.6 is 0 Å². The van der Waals surface area contributed by atoms with Gasteiger partial charge in [0.05, 0.1) is 11.9 Å². The summed E-state index contributed by atoms with van der Waals surface area (Å²) in [5.74, 6) is 1.69. The lowest BCUT2D eigenvalue weighted by Gasteiger charge is -2.20. The number of aromatic nitrogens is 5. The van der Waals surface area contributed by atoms with Gasteiger partial charge in [-0.25, -0.2) is 14.6 Å². The molecule has 0 saturated heterocycles. The van der Waals surface area contributed by atoms with Gasteiger partial charge in [0.2, 0.25) is 0 Å². The van der Waals surface area contributed by atoms with Gasteiger partial charge in [-0.05, 0) is 13.8 Å². The second kappa shape index (κ2) is 5.19. The van der Waals surface area contributed by atoms with E-state index in [0.29, 0.717) is 0 Å². The number of nitrogens with one attached hydrogen (secondary N) is 1. The van der Waals surface area contributed by atoms with E-state index in [2.05, 4.69) is 48.3 Å². The maximum atomic E-state index is 4.74. The molecule has 0 aliphatic heterocycles. The van der Waals surface area contributed by atoms with E-state index in [1.807, 2.05) is 14.0 Å². The molecule has 1 N–H and O–H groups in total. The van der Waals surface area contributed by atoms with E-state index in [0.717, 1.165) is 35.1 Å². The summed E-state index contributed by atoms with van der Waals surface area (Å²) in [6, 6.07) is 0. The van der Waals surface area contributed by atoms with E-state index in [-0.39, 0.29) is 5.41 Å². The molecule has 0 aliphatic rings. The molecule has 20 heavy (non-hydrogen) atoms. The van der Waals surface area contributed by atoms with Crippen LogP contribution in [0.5, 0.6) is 0 Å². The molecule has 2 aromatic rings. The Labute approximate surface area is 119 Å². The Kier molecular flexibility index (Phi) is 3.74. The Morgan fingerprint density at radius 3 is 2.45 bits per heavy atom. The summed E-state index contributed by atoms with van der Waals surface area (Å²) in [6.07, 6.45) is 1.73. The molecule has 0 radical (unpaired) electrons. The topological polar surface area (TPSA) is 68.5 Å². The average molecular weight is 274 g/mol. The lowest BCUT2D eigenvalue weighted by atomic mass is 9.95. The van der Waals surface area contributed by atoms with Gasteiger partial charge in [-0.15, -0.1) is 5.10 Å². The normalized spacial score (nSPS) is 11.7. The summed E-state index contributed by atoms with van der Waals surface area (Å²) in [6.45, 7) is 11.2. The van der Waals surface area contributed by atoms with E-state index >= 15 is 0 Å². The molecule has 2 rings (SSSR count). The Hall–Kier alpha value is -1.98. The molecular weight excluding hydrogens is 252 g/mol. The minimum Gasteiger partial charge on any atom is -0.370 e. The van der Waals surface area contributed by atoms with E-state index in [1.165, 1.54) is 0 Å². The molecule has 2 heterocycles. The van der Waals surface area contributed by atoms with Crippen molar-refractivity contribution in [3.8, 4) is 11.4 Å². The number of aryl methyl sites for hydroxylation is 1. The van der Waals surface area contributed by atoms with E-state index in [9.17, 15) is 0 Å². The van der Waals surface area contributed by atoms with Crippen LogP contribution in [-0.4, -0.2) is 31.5 Å². The zero-order valence-corrected chi connectivity index (χ0v) is 13.0. The fourth-order valence-electron chi connectivity index (χ4n) is 1.95. The number of rotatable bonds is 3. The first kappa shape index (κ1) is 14.4. The van der Waals surface area contributed by atoms with Crippen LogP contribution in [0.15, 0.2) is 6.20 Å². The van der Waals surface area contributed by atoms with Crippen LogP contribution in [0.25, 0.3) is 11.4 Å². The van der Waals surface area contributed by atoms with Gasteiger partial charge in [-0.1, -0.05) is 26.0 Å². The molecule has 0 unspecified atom stereocenters. The van der Waals surface area contributed by atoms with Crippen LogP contribution in [0.3, 0.4) is 0 Å². The Morgan fingerprint density at radius 2 is 1.95 bits per heavy atom. The van der Waals surface area contributed by atoms with Crippen molar-refractivity contribution in [3.05, 3.63) is 17.6 Å².